The Morgan fingerprint density at radius 3 is 2.53 bits per heavy atom. The molecule has 154 valence electrons. The van der Waals surface area contributed by atoms with Crippen molar-refractivity contribution in [3.8, 4) is 0 Å². The van der Waals surface area contributed by atoms with Crippen LogP contribution in [0.5, 0.6) is 0 Å². The van der Waals surface area contributed by atoms with Crippen molar-refractivity contribution in [1.29, 1.82) is 0 Å². The maximum atomic E-state index is 13.8. The van der Waals surface area contributed by atoms with Crippen molar-refractivity contribution in [3.05, 3.63) is 75.4 Å². The van der Waals surface area contributed by atoms with Gasteiger partial charge in [-0.2, -0.15) is 0 Å². The van der Waals surface area contributed by atoms with Crippen LogP contribution in [-0.4, -0.2) is 33.5 Å². The Labute approximate surface area is 186 Å². The summed E-state index contributed by atoms with van der Waals surface area (Å²) in [5.41, 5.74) is 5.18. The predicted octanol–water partition coefficient (Wildman–Crippen LogP) is 3.53. The van der Waals surface area contributed by atoms with Crippen LogP contribution in [-0.2, 0) is 9.59 Å². The van der Waals surface area contributed by atoms with Crippen LogP contribution in [0, 0.1) is 5.82 Å². The number of thiocarbonyl (C=S) groups is 1. The molecule has 30 heavy (non-hydrogen) atoms. The van der Waals surface area contributed by atoms with Gasteiger partial charge in [0.15, 0.2) is 0 Å². The molecule has 2 aromatic rings. The molecular formula is C20H15ClFN3O3S2. The maximum absolute atomic E-state index is 13.8. The van der Waals surface area contributed by atoms with Crippen LogP contribution >= 0.6 is 35.6 Å². The summed E-state index contributed by atoms with van der Waals surface area (Å²) in [5, 5.41) is 0.489. The number of hydrogen-bond acceptors (Lipinski definition) is 5. The van der Waals surface area contributed by atoms with E-state index in [0.29, 0.717) is 10.6 Å². The first-order chi connectivity index (χ1) is 14.3. The van der Waals surface area contributed by atoms with Gasteiger partial charge in [-0.05, 0) is 36.4 Å². The average Bonchev–Trinajstić information content (AvgIpc) is 2.99. The normalized spacial score (nSPS) is 14.9. The quantitative estimate of drug-likeness (QED) is 0.403. The lowest BCUT2D eigenvalue weighted by atomic mass is 10.2. The van der Waals surface area contributed by atoms with E-state index in [1.807, 2.05) is 0 Å². The van der Waals surface area contributed by atoms with Gasteiger partial charge in [-0.3, -0.25) is 30.1 Å². The minimum absolute atomic E-state index is 0.0297. The number of amides is 3. The monoisotopic (exact) mass is 463 g/mol. The number of nitrogens with zero attached hydrogens (tertiary/aromatic N) is 1. The first-order valence-electron chi connectivity index (χ1n) is 8.70. The van der Waals surface area contributed by atoms with Crippen molar-refractivity contribution >= 4 is 63.7 Å². The molecule has 0 aliphatic carbocycles. The largest absolute Gasteiger partial charge is 0.292 e. The molecule has 1 heterocycles. The number of nitrogens with one attached hydrogen (secondary N) is 2. The van der Waals surface area contributed by atoms with Crippen LogP contribution in [0.25, 0.3) is 6.08 Å². The highest BCUT2D eigenvalue weighted by molar-refractivity contribution is 8.26. The SMILES string of the molecule is O=C(CCN1C(=O)/C(=C\c2ccccc2F)SC1=S)NNC(=O)c1ccc(Cl)cc1. The lowest BCUT2D eigenvalue weighted by Gasteiger charge is -2.14. The summed E-state index contributed by atoms with van der Waals surface area (Å²) in [4.78, 5) is 38.1. The second kappa shape index (κ2) is 9.84. The fraction of sp³-hybridized carbons (Fsp3) is 0.100. The van der Waals surface area contributed by atoms with E-state index in [9.17, 15) is 18.8 Å². The van der Waals surface area contributed by atoms with Crippen LogP contribution in [0.4, 0.5) is 4.39 Å². The Kier molecular flexibility index (Phi) is 7.20. The Bertz CT molecular complexity index is 1040. The highest BCUT2D eigenvalue weighted by atomic mass is 35.5. The Morgan fingerprint density at radius 1 is 1.13 bits per heavy atom. The van der Waals surface area contributed by atoms with Crippen LogP contribution in [0.3, 0.4) is 0 Å². The standard InChI is InChI=1S/C20H15ClFN3O3S2/c21-14-7-5-12(6-8-14)18(27)24-23-17(26)9-10-25-19(28)16(30-20(25)29)11-13-3-1-2-4-15(13)22/h1-8,11H,9-10H2,(H,23,26)(H,24,27)/b16-11+. The first kappa shape index (κ1) is 21.9. The topological polar surface area (TPSA) is 78.5 Å². The van der Waals surface area contributed by atoms with Gasteiger partial charge in [-0.1, -0.05) is 53.8 Å². The zero-order chi connectivity index (χ0) is 21.7. The summed E-state index contributed by atoms with van der Waals surface area (Å²) < 4.78 is 14.1. The molecule has 1 fully saturated rings. The zero-order valence-corrected chi connectivity index (χ0v) is 17.7. The maximum Gasteiger partial charge on any atom is 0.269 e. The van der Waals surface area contributed by atoms with E-state index >= 15 is 0 Å². The van der Waals surface area contributed by atoms with Crippen LogP contribution in [0.2, 0.25) is 5.02 Å². The highest BCUT2D eigenvalue weighted by Crippen LogP contribution is 2.32. The van der Waals surface area contributed by atoms with Gasteiger partial charge in [0.05, 0.1) is 4.91 Å². The van der Waals surface area contributed by atoms with Gasteiger partial charge in [0.1, 0.15) is 10.1 Å². The van der Waals surface area contributed by atoms with Gasteiger partial charge < -0.3 is 0 Å². The number of carbonyl (C=O) groups excluding carboxylic acids is 3. The van der Waals surface area contributed by atoms with Crippen molar-refractivity contribution in [2.75, 3.05) is 6.54 Å². The molecule has 0 unspecified atom stereocenters. The fourth-order valence-electron chi connectivity index (χ4n) is 2.50. The Hall–Kier alpha value is -2.75. The predicted molar refractivity (Wildman–Crippen MR) is 118 cm³/mol. The number of hydrogen-bond donors (Lipinski definition) is 2. The molecule has 6 nitrogen and oxygen atoms in total. The first-order valence-corrected chi connectivity index (χ1v) is 10.3. The summed E-state index contributed by atoms with van der Waals surface area (Å²) in [6.45, 7) is 0.0297. The summed E-state index contributed by atoms with van der Waals surface area (Å²) >= 11 is 12.0. The van der Waals surface area contributed by atoms with E-state index in [2.05, 4.69) is 10.9 Å². The molecule has 3 rings (SSSR count). The van der Waals surface area contributed by atoms with Gasteiger partial charge in [0, 0.05) is 29.1 Å². The lowest BCUT2D eigenvalue weighted by Crippen LogP contribution is -2.43. The summed E-state index contributed by atoms with van der Waals surface area (Å²) in [6.07, 6.45) is 1.35. The minimum atomic E-state index is -0.501. The third kappa shape index (κ3) is 5.44. The van der Waals surface area contributed by atoms with Crippen molar-refractivity contribution < 1.29 is 18.8 Å². The summed E-state index contributed by atoms with van der Waals surface area (Å²) in [6, 6.07) is 12.2. The highest BCUT2D eigenvalue weighted by Gasteiger charge is 2.32. The second-order valence-corrected chi connectivity index (χ2v) is 8.23. The van der Waals surface area contributed by atoms with Crippen LogP contribution in [0.15, 0.2) is 53.4 Å². The van der Waals surface area contributed by atoms with Crippen LogP contribution < -0.4 is 10.9 Å². The number of carbonyl (C=O) groups is 3. The van der Waals surface area contributed by atoms with Gasteiger partial charge in [0.2, 0.25) is 5.91 Å². The molecule has 2 N–H and O–H groups in total. The van der Waals surface area contributed by atoms with Crippen LogP contribution in [0.1, 0.15) is 22.3 Å². The number of rotatable bonds is 5. The molecule has 1 aliphatic rings. The van der Waals surface area contributed by atoms with Crippen molar-refractivity contribution in [1.82, 2.24) is 15.8 Å². The smallest absolute Gasteiger partial charge is 0.269 e. The molecule has 0 radical (unpaired) electrons. The van der Waals surface area contributed by atoms with Crippen molar-refractivity contribution in [3.63, 3.8) is 0 Å². The number of thioether (sulfide) groups is 1. The number of hydrazine groups is 1. The van der Waals surface area contributed by atoms with Gasteiger partial charge in [-0.25, -0.2) is 4.39 Å². The van der Waals surface area contributed by atoms with E-state index in [1.165, 1.54) is 29.2 Å². The molecule has 0 bridgehead atoms. The summed E-state index contributed by atoms with van der Waals surface area (Å²) in [7, 11) is 0. The van der Waals surface area contributed by atoms with E-state index < -0.39 is 23.5 Å². The molecule has 1 aliphatic heterocycles. The number of benzene rings is 2. The van der Waals surface area contributed by atoms with Gasteiger partial charge in [0.25, 0.3) is 11.8 Å². The van der Waals surface area contributed by atoms with Crippen molar-refractivity contribution in [2.24, 2.45) is 0 Å². The lowest BCUT2D eigenvalue weighted by molar-refractivity contribution is -0.124. The Balaban J connectivity index is 1.52. The van der Waals surface area contributed by atoms with E-state index in [4.69, 9.17) is 23.8 Å². The zero-order valence-electron chi connectivity index (χ0n) is 15.4. The fourth-order valence-corrected chi connectivity index (χ4v) is 3.93. The number of halogens is 2. The molecule has 0 spiro atoms. The van der Waals surface area contributed by atoms with Gasteiger partial charge in [-0.15, -0.1) is 0 Å². The molecule has 10 heteroatoms. The Morgan fingerprint density at radius 2 is 1.83 bits per heavy atom. The molecule has 2 aromatic carbocycles. The summed E-state index contributed by atoms with van der Waals surface area (Å²) in [5.74, 6) is -1.84. The van der Waals surface area contributed by atoms with E-state index in [-0.39, 0.29) is 27.8 Å². The molecule has 0 aromatic heterocycles. The third-order valence-corrected chi connectivity index (χ3v) is 5.68. The molecule has 0 saturated carbocycles. The molecular weight excluding hydrogens is 449 g/mol. The van der Waals surface area contributed by atoms with Gasteiger partial charge >= 0.3 is 0 Å². The second-order valence-electron chi connectivity index (χ2n) is 6.11. The molecule has 0 atom stereocenters. The molecule has 1 saturated heterocycles. The van der Waals surface area contributed by atoms with E-state index in [1.54, 1.807) is 30.3 Å². The average molecular weight is 464 g/mol. The minimum Gasteiger partial charge on any atom is -0.292 e. The molecule has 3 amide bonds. The third-order valence-electron chi connectivity index (χ3n) is 4.05. The van der Waals surface area contributed by atoms with Crippen molar-refractivity contribution in [2.45, 2.75) is 6.42 Å². The van der Waals surface area contributed by atoms with E-state index in [0.717, 1.165) is 11.8 Å².